The lowest BCUT2D eigenvalue weighted by molar-refractivity contribution is -0.147. The van der Waals surface area contributed by atoms with Gasteiger partial charge in [0.05, 0.1) is 5.56 Å². The Bertz CT molecular complexity index is 766. The van der Waals surface area contributed by atoms with Crippen LogP contribution in [0.15, 0.2) is 10.3 Å². The molecule has 27 heavy (non-hydrogen) atoms. The molecule has 0 aliphatic carbocycles. The quantitative estimate of drug-likeness (QED) is 0.375. The molecule has 0 saturated heterocycles. The summed E-state index contributed by atoms with van der Waals surface area (Å²) in [7, 11) is 1.48. The van der Waals surface area contributed by atoms with E-state index in [-0.39, 0.29) is 5.90 Å². The molecule has 8 heteroatoms. The average Bonchev–Trinajstić information content (AvgIpc) is 2.96. The van der Waals surface area contributed by atoms with Gasteiger partial charge in [-0.05, 0) is 82.8 Å². The van der Waals surface area contributed by atoms with Crippen molar-refractivity contribution in [2.75, 3.05) is 7.11 Å². The van der Waals surface area contributed by atoms with Crippen LogP contribution in [-0.2, 0) is 9.68 Å². The van der Waals surface area contributed by atoms with Gasteiger partial charge in [0.25, 0.3) is 5.90 Å². The Morgan fingerprint density at radius 2 is 1.41 bits per heavy atom. The second-order valence-electron chi connectivity index (χ2n) is 7.49. The molecule has 1 aromatic rings. The molecule has 0 saturated carbocycles. The number of halogens is 2. The van der Waals surface area contributed by atoms with Gasteiger partial charge in [0, 0.05) is 37.2 Å². The van der Waals surface area contributed by atoms with E-state index in [0.29, 0.717) is 5.71 Å². The molecule has 0 radical (unpaired) electrons. The van der Waals surface area contributed by atoms with Gasteiger partial charge in [-0.1, -0.05) is 5.16 Å². The number of hydrogen-bond acceptors (Lipinski definition) is 6. The predicted octanol–water partition coefficient (Wildman–Crippen LogP) is 5.31. The molecule has 0 amide bonds. The number of hydrogen-bond donors (Lipinski definition) is 1. The third-order valence-electron chi connectivity index (χ3n) is 5.28. The maximum absolute atomic E-state index is 10.2. The van der Waals surface area contributed by atoms with Crippen molar-refractivity contribution < 1.29 is 19.5 Å². The Hall–Kier alpha value is -0.620. The minimum Gasteiger partial charge on any atom is -0.434 e. The third-order valence-corrected chi connectivity index (χ3v) is 5.28. The highest BCUT2D eigenvalue weighted by atomic mass is 128. The molecule has 1 aliphatic rings. The van der Waals surface area contributed by atoms with Crippen molar-refractivity contribution in [1.29, 1.82) is 0 Å². The molecular weight excluding hydrogens is 574 g/mol. The zero-order valence-electron chi connectivity index (χ0n) is 17.3. The van der Waals surface area contributed by atoms with E-state index in [1.165, 1.54) is 18.2 Å². The molecule has 0 fully saturated rings. The van der Waals surface area contributed by atoms with E-state index in [4.69, 9.17) is 14.4 Å². The lowest BCUT2D eigenvalue weighted by Crippen LogP contribution is -2.46. The zero-order chi connectivity index (χ0) is 21.2. The lowest BCUT2D eigenvalue weighted by Gasteiger charge is -2.34. The molecule has 1 aliphatic heterocycles. The largest absolute Gasteiger partial charge is 0.434 e. The van der Waals surface area contributed by atoms with E-state index >= 15 is 0 Å². The number of rotatable bonds is 4. The van der Waals surface area contributed by atoms with Crippen LogP contribution < -0.4 is 4.74 Å². The minimum absolute atomic E-state index is 0.227. The van der Waals surface area contributed by atoms with E-state index in [2.05, 4.69) is 61.4 Å². The fourth-order valence-electron chi connectivity index (χ4n) is 2.45. The molecule has 152 valence electrons. The van der Waals surface area contributed by atoms with Gasteiger partial charge in [-0.3, -0.25) is 0 Å². The first-order valence-corrected chi connectivity index (χ1v) is 14.7. The van der Waals surface area contributed by atoms with E-state index in [1.54, 1.807) is 27.7 Å². The van der Waals surface area contributed by atoms with Gasteiger partial charge in [0.15, 0.2) is 11.3 Å². The SMILES string of the molecule is CON=C1C(=NOC(C)(C)C(C)(C)O)Oc2c(C)c(C)c(C)c(C)c21.II. The Morgan fingerprint density at radius 1 is 0.889 bits per heavy atom. The van der Waals surface area contributed by atoms with E-state index in [9.17, 15) is 5.11 Å². The fraction of sp³-hybridized carbons (Fsp3) is 0.579. The van der Waals surface area contributed by atoms with Crippen molar-refractivity contribution in [3.8, 4) is 5.75 Å². The monoisotopic (exact) mass is 602 g/mol. The topological polar surface area (TPSA) is 72.6 Å². The Balaban J connectivity index is 0.00000176. The Labute approximate surface area is 185 Å². The Kier molecular flexibility index (Phi) is 8.37. The van der Waals surface area contributed by atoms with Crippen LogP contribution >= 0.6 is 37.2 Å². The normalized spacial score (nSPS) is 16.6. The summed E-state index contributed by atoms with van der Waals surface area (Å²) in [6.07, 6.45) is 0. The lowest BCUT2D eigenvalue weighted by atomic mass is 9.90. The van der Waals surface area contributed by atoms with Crippen molar-refractivity contribution >= 4 is 48.8 Å². The van der Waals surface area contributed by atoms with Crippen LogP contribution in [0.25, 0.3) is 0 Å². The van der Waals surface area contributed by atoms with Gasteiger partial charge in [-0.15, -0.1) is 0 Å². The molecule has 2 rings (SSSR count). The summed E-state index contributed by atoms with van der Waals surface area (Å²) in [5.41, 5.74) is 3.83. The Morgan fingerprint density at radius 3 is 1.89 bits per heavy atom. The molecule has 1 N–H and O–H groups in total. The van der Waals surface area contributed by atoms with E-state index in [0.717, 1.165) is 22.4 Å². The van der Waals surface area contributed by atoms with Crippen LogP contribution in [0.2, 0.25) is 0 Å². The summed E-state index contributed by atoms with van der Waals surface area (Å²) in [6, 6.07) is 0. The number of benzene rings is 1. The van der Waals surface area contributed by atoms with Crippen molar-refractivity contribution in [3.05, 3.63) is 27.8 Å². The van der Waals surface area contributed by atoms with Crippen LogP contribution in [0, 0.1) is 27.7 Å². The maximum Gasteiger partial charge on any atom is 0.286 e. The third kappa shape index (κ3) is 4.87. The molecule has 0 spiro atoms. The highest BCUT2D eigenvalue weighted by molar-refractivity contribution is 15.0. The highest BCUT2D eigenvalue weighted by Crippen LogP contribution is 2.38. The smallest absolute Gasteiger partial charge is 0.286 e. The summed E-state index contributed by atoms with van der Waals surface area (Å²) in [5.74, 6) is 0.949. The van der Waals surface area contributed by atoms with Crippen LogP contribution in [0.1, 0.15) is 55.5 Å². The number of oxime groups is 2. The zero-order valence-corrected chi connectivity index (χ0v) is 21.6. The fourth-order valence-corrected chi connectivity index (χ4v) is 2.45. The van der Waals surface area contributed by atoms with Gasteiger partial charge < -0.3 is 19.5 Å². The predicted molar refractivity (Wildman–Crippen MR) is 127 cm³/mol. The summed E-state index contributed by atoms with van der Waals surface area (Å²) < 4.78 is 5.96. The second kappa shape index (κ2) is 9.25. The molecule has 0 bridgehead atoms. The summed E-state index contributed by atoms with van der Waals surface area (Å²) in [6.45, 7) is 15.0. The molecule has 0 unspecified atom stereocenters. The van der Waals surface area contributed by atoms with Crippen molar-refractivity contribution in [1.82, 2.24) is 0 Å². The standard InChI is InChI=1S/C19H28N2O4.I2/c1-10-11(2)13(4)16-14(12(10)3)15(20-23-9)17(24-16)21-25-19(7,8)18(5,6)22;1-2/h22H,1-9H3;. The number of nitrogens with zero attached hydrogens (tertiary/aromatic N) is 2. The minimum atomic E-state index is -1.08. The van der Waals surface area contributed by atoms with Gasteiger partial charge >= 0.3 is 0 Å². The number of aliphatic hydroxyl groups is 1. The second-order valence-corrected chi connectivity index (χ2v) is 7.49. The van der Waals surface area contributed by atoms with Crippen molar-refractivity contribution in [3.63, 3.8) is 0 Å². The first-order valence-electron chi connectivity index (χ1n) is 8.45. The van der Waals surface area contributed by atoms with Crippen molar-refractivity contribution in [2.24, 2.45) is 10.3 Å². The molecular formula is C19H28I2N2O4. The summed E-state index contributed by atoms with van der Waals surface area (Å²) in [5, 5.41) is 18.5. The van der Waals surface area contributed by atoms with Gasteiger partial charge in [-0.25, -0.2) is 0 Å². The van der Waals surface area contributed by atoms with Gasteiger partial charge in [-0.2, -0.15) is 0 Å². The van der Waals surface area contributed by atoms with E-state index in [1.807, 2.05) is 13.8 Å². The molecule has 1 heterocycles. The highest BCUT2D eigenvalue weighted by Gasteiger charge is 2.39. The first kappa shape index (κ1) is 24.4. The maximum atomic E-state index is 10.2. The van der Waals surface area contributed by atoms with Crippen LogP contribution in [0.5, 0.6) is 5.75 Å². The first-order chi connectivity index (χ1) is 12.4. The van der Waals surface area contributed by atoms with Gasteiger partial charge in [0.2, 0.25) is 0 Å². The molecule has 1 aromatic carbocycles. The number of ether oxygens (including phenoxy) is 1. The number of fused-ring (bicyclic) bond motifs is 1. The molecule has 0 aromatic heterocycles. The molecule has 0 atom stereocenters. The molecule has 6 nitrogen and oxygen atoms in total. The summed E-state index contributed by atoms with van der Waals surface area (Å²) in [4.78, 5) is 10.6. The van der Waals surface area contributed by atoms with Crippen LogP contribution in [-0.4, -0.2) is 35.0 Å². The van der Waals surface area contributed by atoms with Crippen molar-refractivity contribution in [2.45, 2.75) is 66.6 Å². The van der Waals surface area contributed by atoms with Gasteiger partial charge in [0.1, 0.15) is 18.5 Å². The van der Waals surface area contributed by atoms with E-state index < -0.39 is 11.2 Å². The van der Waals surface area contributed by atoms with Crippen LogP contribution in [0.4, 0.5) is 0 Å². The van der Waals surface area contributed by atoms with Crippen LogP contribution in [0.3, 0.4) is 0 Å². The summed E-state index contributed by atoms with van der Waals surface area (Å²) >= 11 is 4.24. The average molecular weight is 602 g/mol.